The highest BCUT2D eigenvalue weighted by molar-refractivity contribution is 9.10. The van der Waals surface area contributed by atoms with E-state index in [1.165, 1.54) is 17.7 Å². The van der Waals surface area contributed by atoms with Gasteiger partial charge in [0.05, 0.1) is 6.54 Å². The molecule has 0 saturated carbocycles. The second-order valence-corrected chi connectivity index (χ2v) is 5.46. The molecule has 20 heavy (non-hydrogen) atoms. The molecule has 1 aromatic heterocycles. The van der Waals surface area contributed by atoms with Gasteiger partial charge in [0.15, 0.2) is 0 Å². The van der Waals surface area contributed by atoms with Crippen molar-refractivity contribution in [2.75, 3.05) is 5.32 Å². The lowest BCUT2D eigenvalue weighted by molar-refractivity contribution is 0.655. The van der Waals surface area contributed by atoms with Crippen LogP contribution in [0.1, 0.15) is 11.3 Å². The van der Waals surface area contributed by atoms with Crippen LogP contribution in [0.3, 0.4) is 0 Å². The normalized spacial score (nSPS) is 10.6. The topological polar surface area (TPSA) is 56.0 Å². The van der Waals surface area contributed by atoms with Crippen LogP contribution in [0.4, 0.5) is 5.69 Å². The number of aryl methyl sites for hydroxylation is 1. The van der Waals surface area contributed by atoms with E-state index in [1.54, 1.807) is 7.05 Å². The molecule has 2 rings (SSSR count). The molecule has 0 spiro atoms. The first-order chi connectivity index (χ1) is 9.41. The molecule has 1 heterocycles. The Labute approximate surface area is 125 Å². The SMILES string of the molecule is Cc1cccc(NCc2cc(=O)n(C)c(=O)n2C)c1Br. The molecular formula is C14H16BrN3O2. The Kier molecular flexibility index (Phi) is 4.13. The summed E-state index contributed by atoms with van der Waals surface area (Å²) in [6, 6.07) is 7.36. The van der Waals surface area contributed by atoms with Gasteiger partial charge in [-0.1, -0.05) is 12.1 Å². The van der Waals surface area contributed by atoms with Crippen molar-refractivity contribution >= 4 is 21.6 Å². The molecule has 1 aromatic carbocycles. The average Bonchev–Trinajstić information content (AvgIpc) is 2.43. The van der Waals surface area contributed by atoms with Gasteiger partial charge in [0, 0.05) is 36.0 Å². The van der Waals surface area contributed by atoms with Crippen molar-refractivity contribution in [3.8, 4) is 0 Å². The van der Waals surface area contributed by atoms with Crippen LogP contribution in [0.2, 0.25) is 0 Å². The van der Waals surface area contributed by atoms with Gasteiger partial charge in [-0.15, -0.1) is 0 Å². The second-order valence-electron chi connectivity index (χ2n) is 4.66. The number of nitrogens with zero attached hydrogens (tertiary/aromatic N) is 2. The highest BCUT2D eigenvalue weighted by atomic mass is 79.9. The standard InChI is InChI=1S/C14H16BrN3O2/c1-9-5-4-6-11(13(9)15)16-8-10-7-12(19)18(3)14(20)17(10)2/h4-7,16H,8H2,1-3H3. The van der Waals surface area contributed by atoms with E-state index in [0.29, 0.717) is 12.2 Å². The van der Waals surface area contributed by atoms with Gasteiger partial charge >= 0.3 is 5.69 Å². The smallest absolute Gasteiger partial charge is 0.330 e. The Bertz CT molecular complexity index is 762. The van der Waals surface area contributed by atoms with E-state index in [4.69, 9.17) is 0 Å². The summed E-state index contributed by atoms with van der Waals surface area (Å²) in [5.74, 6) is 0. The van der Waals surface area contributed by atoms with Crippen LogP contribution >= 0.6 is 15.9 Å². The van der Waals surface area contributed by atoms with Crippen LogP contribution in [0.5, 0.6) is 0 Å². The quantitative estimate of drug-likeness (QED) is 0.928. The summed E-state index contributed by atoms with van der Waals surface area (Å²) in [6.45, 7) is 2.41. The Morgan fingerprint density at radius 3 is 2.60 bits per heavy atom. The van der Waals surface area contributed by atoms with E-state index in [-0.39, 0.29) is 11.2 Å². The van der Waals surface area contributed by atoms with E-state index < -0.39 is 0 Å². The third kappa shape index (κ3) is 2.70. The van der Waals surface area contributed by atoms with Gasteiger partial charge in [0.2, 0.25) is 0 Å². The lowest BCUT2D eigenvalue weighted by Crippen LogP contribution is -2.38. The number of halogens is 1. The van der Waals surface area contributed by atoms with Gasteiger partial charge in [0.1, 0.15) is 0 Å². The van der Waals surface area contributed by atoms with E-state index in [0.717, 1.165) is 20.3 Å². The molecule has 0 aliphatic rings. The Hall–Kier alpha value is -1.82. The number of benzene rings is 1. The Morgan fingerprint density at radius 1 is 1.20 bits per heavy atom. The molecule has 0 aliphatic heterocycles. The van der Waals surface area contributed by atoms with E-state index in [1.807, 2.05) is 25.1 Å². The summed E-state index contributed by atoms with van der Waals surface area (Å²) in [7, 11) is 3.13. The van der Waals surface area contributed by atoms with Gasteiger partial charge in [-0.05, 0) is 34.5 Å². The predicted molar refractivity (Wildman–Crippen MR) is 83.1 cm³/mol. The first-order valence-electron chi connectivity index (χ1n) is 6.16. The summed E-state index contributed by atoms with van der Waals surface area (Å²) in [6.07, 6.45) is 0. The monoisotopic (exact) mass is 337 g/mol. The highest BCUT2D eigenvalue weighted by Crippen LogP contribution is 2.25. The number of anilines is 1. The van der Waals surface area contributed by atoms with Crippen molar-refractivity contribution < 1.29 is 0 Å². The van der Waals surface area contributed by atoms with Crippen LogP contribution in [0.25, 0.3) is 0 Å². The predicted octanol–water partition coefficient (Wildman–Crippen LogP) is 1.77. The molecule has 0 fully saturated rings. The lowest BCUT2D eigenvalue weighted by atomic mass is 10.2. The van der Waals surface area contributed by atoms with Gasteiger partial charge in [-0.25, -0.2) is 4.79 Å². The molecule has 0 saturated heterocycles. The first kappa shape index (κ1) is 14.6. The molecule has 0 radical (unpaired) electrons. The maximum Gasteiger partial charge on any atom is 0.330 e. The molecule has 0 aliphatic carbocycles. The maximum absolute atomic E-state index is 11.8. The second kappa shape index (κ2) is 5.66. The molecule has 2 aromatic rings. The van der Waals surface area contributed by atoms with Crippen molar-refractivity contribution in [1.29, 1.82) is 0 Å². The number of hydrogen-bond acceptors (Lipinski definition) is 3. The van der Waals surface area contributed by atoms with Crippen LogP contribution in [-0.2, 0) is 20.6 Å². The molecule has 106 valence electrons. The number of aromatic nitrogens is 2. The zero-order valence-electron chi connectivity index (χ0n) is 11.6. The minimum atomic E-state index is -0.322. The van der Waals surface area contributed by atoms with Gasteiger partial charge in [-0.3, -0.25) is 13.9 Å². The third-order valence-electron chi connectivity index (χ3n) is 3.28. The van der Waals surface area contributed by atoms with Gasteiger partial charge < -0.3 is 5.32 Å². The number of rotatable bonds is 3. The number of nitrogens with one attached hydrogen (secondary N) is 1. The van der Waals surface area contributed by atoms with Crippen LogP contribution < -0.4 is 16.6 Å². The largest absolute Gasteiger partial charge is 0.379 e. The van der Waals surface area contributed by atoms with Crippen molar-refractivity contribution in [1.82, 2.24) is 9.13 Å². The minimum absolute atomic E-state index is 0.298. The van der Waals surface area contributed by atoms with Gasteiger partial charge in [0.25, 0.3) is 5.56 Å². The van der Waals surface area contributed by atoms with Crippen molar-refractivity contribution in [3.63, 3.8) is 0 Å². The van der Waals surface area contributed by atoms with Crippen molar-refractivity contribution in [2.45, 2.75) is 13.5 Å². The Morgan fingerprint density at radius 2 is 1.90 bits per heavy atom. The summed E-state index contributed by atoms with van der Waals surface area (Å²) in [4.78, 5) is 23.5. The van der Waals surface area contributed by atoms with Crippen LogP contribution in [0.15, 0.2) is 38.3 Å². The van der Waals surface area contributed by atoms with Crippen molar-refractivity contribution in [2.24, 2.45) is 14.1 Å². The van der Waals surface area contributed by atoms with Gasteiger partial charge in [-0.2, -0.15) is 0 Å². The summed E-state index contributed by atoms with van der Waals surface area (Å²) in [5, 5.41) is 3.23. The molecular weight excluding hydrogens is 322 g/mol. The third-order valence-corrected chi connectivity index (χ3v) is 4.33. The van der Waals surface area contributed by atoms with Crippen LogP contribution in [0, 0.1) is 6.92 Å². The molecule has 0 atom stereocenters. The molecule has 5 nitrogen and oxygen atoms in total. The molecule has 0 bridgehead atoms. The fourth-order valence-corrected chi connectivity index (χ4v) is 2.32. The maximum atomic E-state index is 11.8. The molecule has 0 amide bonds. The molecule has 1 N–H and O–H groups in total. The zero-order valence-corrected chi connectivity index (χ0v) is 13.2. The average molecular weight is 338 g/mol. The summed E-state index contributed by atoms with van der Waals surface area (Å²) >= 11 is 3.52. The van der Waals surface area contributed by atoms with E-state index in [9.17, 15) is 9.59 Å². The number of hydrogen-bond donors (Lipinski definition) is 1. The summed E-state index contributed by atoms with van der Waals surface area (Å²) in [5.41, 5.74) is 2.07. The fraction of sp³-hybridized carbons (Fsp3) is 0.286. The van der Waals surface area contributed by atoms with E-state index >= 15 is 0 Å². The Balaban J connectivity index is 2.31. The first-order valence-corrected chi connectivity index (χ1v) is 6.96. The lowest BCUT2D eigenvalue weighted by Gasteiger charge is -2.13. The summed E-state index contributed by atoms with van der Waals surface area (Å²) < 4.78 is 3.54. The molecule has 6 heteroatoms. The zero-order chi connectivity index (χ0) is 14.9. The van der Waals surface area contributed by atoms with E-state index in [2.05, 4.69) is 21.2 Å². The van der Waals surface area contributed by atoms with Crippen molar-refractivity contribution in [3.05, 3.63) is 60.8 Å². The highest BCUT2D eigenvalue weighted by Gasteiger charge is 2.07. The minimum Gasteiger partial charge on any atom is -0.379 e. The fourth-order valence-electron chi connectivity index (χ4n) is 1.92. The molecule has 0 unspecified atom stereocenters. The van der Waals surface area contributed by atoms with Crippen LogP contribution in [-0.4, -0.2) is 9.13 Å².